The second-order valence-corrected chi connectivity index (χ2v) is 8.40. The van der Waals surface area contributed by atoms with Crippen LogP contribution in [0.25, 0.3) is 0 Å². The minimum absolute atomic E-state index is 0. The Bertz CT molecular complexity index is 360. The molecule has 0 saturated carbocycles. The molecule has 0 aliphatic heterocycles. The van der Waals surface area contributed by atoms with Gasteiger partial charge in [0.15, 0.2) is 0 Å². The van der Waals surface area contributed by atoms with Gasteiger partial charge in [-0.3, -0.25) is 0 Å². The summed E-state index contributed by atoms with van der Waals surface area (Å²) in [5.41, 5.74) is 0. The molecule has 24 heavy (non-hydrogen) atoms. The van der Waals surface area contributed by atoms with Gasteiger partial charge < -0.3 is 9.66 Å². The summed E-state index contributed by atoms with van der Waals surface area (Å²) in [4.78, 5) is 0. The SMILES string of the molecule is CCCCCC(CCCCCCCC(O)CCCC)S(=O)(=O)[O-].[K+]. The summed E-state index contributed by atoms with van der Waals surface area (Å²) in [5.74, 6) is 0. The fourth-order valence-corrected chi connectivity index (χ4v) is 3.83. The molecular weight excluding hydrogens is 351 g/mol. The summed E-state index contributed by atoms with van der Waals surface area (Å²) < 4.78 is 33.8. The van der Waals surface area contributed by atoms with Crippen molar-refractivity contribution in [2.75, 3.05) is 0 Å². The molecular formula is C18H37KO4S. The minimum atomic E-state index is -4.15. The molecule has 0 aromatic rings. The van der Waals surface area contributed by atoms with Gasteiger partial charge in [0.25, 0.3) is 0 Å². The second-order valence-electron chi connectivity index (χ2n) is 6.75. The van der Waals surface area contributed by atoms with Gasteiger partial charge in [-0.05, 0) is 25.7 Å². The van der Waals surface area contributed by atoms with Crippen LogP contribution in [-0.4, -0.2) is 29.4 Å². The van der Waals surface area contributed by atoms with Gasteiger partial charge in [0.1, 0.15) is 0 Å². The molecule has 2 atom stereocenters. The first-order chi connectivity index (χ1) is 10.9. The van der Waals surface area contributed by atoms with E-state index in [4.69, 9.17) is 0 Å². The van der Waals surface area contributed by atoms with Gasteiger partial charge in [-0.15, -0.1) is 0 Å². The van der Waals surface area contributed by atoms with Crippen LogP contribution in [0.1, 0.15) is 104 Å². The normalized spacial score (nSPS) is 14.2. The van der Waals surface area contributed by atoms with Gasteiger partial charge in [0.05, 0.1) is 16.2 Å². The summed E-state index contributed by atoms with van der Waals surface area (Å²) in [6, 6.07) is 0. The Morgan fingerprint density at radius 3 is 1.67 bits per heavy atom. The maximum absolute atomic E-state index is 11.3. The zero-order valence-corrected chi connectivity index (χ0v) is 20.1. The van der Waals surface area contributed by atoms with E-state index in [1.165, 1.54) is 0 Å². The van der Waals surface area contributed by atoms with E-state index in [1.807, 2.05) is 0 Å². The molecule has 0 fully saturated rings. The molecule has 0 aliphatic carbocycles. The van der Waals surface area contributed by atoms with E-state index in [9.17, 15) is 18.1 Å². The van der Waals surface area contributed by atoms with Gasteiger partial charge >= 0.3 is 51.4 Å². The number of rotatable bonds is 16. The third kappa shape index (κ3) is 16.9. The average molecular weight is 389 g/mol. The Morgan fingerprint density at radius 2 is 1.17 bits per heavy atom. The molecule has 6 heteroatoms. The van der Waals surface area contributed by atoms with Crippen LogP contribution in [0.3, 0.4) is 0 Å². The number of unbranched alkanes of at least 4 members (excludes halogenated alkanes) is 7. The van der Waals surface area contributed by atoms with Crippen LogP contribution >= 0.6 is 0 Å². The molecule has 2 unspecified atom stereocenters. The molecule has 0 aromatic carbocycles. The monoisotopic (exact) mass is 388 g/mol. The van der Waals surface area contributed by atoms with Crippen molar-refractivity contribution in [1.82, 2.24) is 0 Å². The fraction of sp³-hybridized carbons (Fsp3) is 1.00. The minimum Gasteiger partial charge on any atom is -0.748 e. The van der Waals surface area contributed by atoms with Crippen LogP contribution < -0.4 is 51.4 Å². The summed E-state index contributed by atoms with van der Waals surface area (Å²) in [6.07, 6.45) is 12.7. The molecule has 0 saturated heterocycles. The standard InChI is InChI=1S/C18H38O4S.K/c1-3-5-10-15-18(23(20,21)22)16-12-9-7-8-11-14-17(19)13-6-4-2;/h17-19H,3-16H2,1-2H3,(H,20,21,22);/q;+1/p-1. The smallest absolute Gasteiger partial charge is 0.748 e. The Balaban J connectivity index is 0. The first-order valence-electron chi connectivity index (χ1n) is 9.54. The molecule has 1 N–H and O–H groups in total. The largest absolute Gasteiger partial charge is 1.00 e. The van der Waals surface area contributed by atoms with Gasteiger partial charge in [-0.2, -0.15) is 0 Å². The molecule has 0 amide bonds. The molecule has 0 spiro atoms. The quantitative estimate of drug-likeness (QED) is 0.248. The Hall–Kier alpha value is 1.51. The van der Waals surface area contributed by atoms with Crippen molar-refractivity contribution in [3.05, 3.63) is 0 Å². The zero-order chi connectivity index (χ0) is 17.6. The summed E-state index contributed by atoms with van der Waals surface area (Å²) in [6.45, 7) is 4.20. The first kappa shape index (κ1) is 27.7. The van der Waals surface area contributed by atoms with E-state index in [-0.39, 0.29) is 57.5 Å². The van der Waals surface area contributed by atoms with Gasteiger partial charge in [-0.25, -0.2) is 8.42 Å². The molecule has 0 radical (unpaired) electrons. The van der Waals surface area contributed by atoms with Crippen LogP contribution in [0, 0.1) is 0 Å². The van der Waals surface area contributed by atoms with Crippen molar-refractivity contribution in [1.29, 1.82) is 0 Å². The van der Waals surface area contributed by atoms with Gasteiger partial charge in [0, 0.05) is 5.25 Å². The van der Waals surface area contributed by atoms with Crippen LogP contribution in [-0.2, 0) is 10.1 Å². The van der Waals surface area contributed by atoms with E-state index in [0.29, 0.717) is 12.8 Å². The molecule has 140 valence electrons. The topological polar surface area (TPSA) is 77.4 Å². The van der Waals surface area contributed by atoms with Crippen LogP contribution in [0.4, 0.5) is 0 Å². The van der Waals surface area contributed by atoms with E-state index in [2.05, 4.69) is 13.8 Å². The Labute approximate surface area is 192 Å². The molecule has 0 aromatic heterocycles. The van der Waals surface area contributed by atoms with Crippen molar-refractivity contribution in [2.45, 2.75) is 115 Å². The zero-order valence-electron chi connectivity index (χ0n) is 16.1. The molecule has 4 nitrogen and oxygen atoms in total. The van der Waals surface area contributed by atoms with Crippen molar-refractivity contribution in [2.24, 2.45) is 0 Å². The third-order valence-corrected chi connectivity index (χ3v) is 5.78. The van der Waals surface area contributed by atoms with Crippen LogP contribution in [0.2, 0.25) is 0 Å². The van der Waals surface area contributed by atoms with Gasteiger partial charge in [-0.1, -0.05) is 78.1 Å². The maximum atomic E-state index is 11.3. The number of aliphatic hydroxyl groups excluding tert-OH is 1. The molecule has 0 bridgehead atoms. The number of hydrogen-bond donors (Lipinski definition) is 1. The predicted octanol–water partition coefficient (Wildman–Crippen LogP) is 1.77. The summed E-state index contributed by atoms with van der Waals surface area (Å²) in [5, 5.41) is 9.06. The van der Waals surface area contributed by atoms with E-state index >= 15 is 0 Å². The van der Waals surface area contributed by atoms with Crippen molar-refractivity contribution in [3.8, 4) is 0 Å². The van der Waals surface area contributed by atoms with Crippen molar-refractivity contribution < 1.29 is 69.5 Å². The third-order valence-electron chi connectivity index (χ3n) is 4.49. The predicted molar refractivity (Wildman–Crippen MR) is 95.5 cm³/mol. The van der Waals surface area contributed by atoms with Crippen LogP contribution in [0.15, 0.2) is 0 Å². The molecule has 0 heterocycles. The van der Waals surface area contributed by atoms with E-state index < -0.39 is 15.4 Å². The Morgan fingerprint density at radius 1 is 0.750 bits per heavy atom. The van der Waals surface area contributed by atoms with E-state index in [1.54, 1.807) is 0 Å². The maximum Gasteiger partial charge on any atom is 1.00 e. The van der Waals surface area contributed by atoms with Crippen molar-refractivity contribution in [3.63, 3.8) is 0 Å². The average Bonchev–Trinajstić information content (AvgIpc) is 2.49. The summed E-state index contributed by atoms with van der Waals surface area (Å²) in [7, 11) is -4.15. The van der Waals surface area contributed by atoms with Crippen molar-refractivity contribution >= 4 is 10.1 Å². The van der Waals surface area contributed by atoms with E-state index in [0.717, 1.165) is 77.0 Å². The molecule has 0 aliphatic rings. The van der Waals surface area contributed by atoms with Gasteiger partial charge in [0.2, 0.25) is 0 Å². The first-order valence-corrected chi connectivity index (χ1v) is 11.0. The summed E-state index contributed by atoms with van der Waals surface area (Å²) >= 11 is 0. The fourth-order valence-electron chi connectivity index (χ4n) is 2.92. The molecule has 0 rings (SSSR count). The second kappa shape index (κ2) is 17.9. The Kier molecular flexibility index (Phi) is 20.7. The van der Waals surface area contributed by atoms with Crippen LogP contribution in [0.5, 0.6) is 0 Å². The number of hydrogen-bond acceptors (Lipinski definition) is 4. The number of aliphatic hydroxyl groups is 1.